The molecule has 0 spiro atoms. The van der Waals surface area contributed by atoms with Crippen LogP contribution in [0.2, 0.25) is 0 Å². The second-order valence-corrected chi connectivity index (χ2v) is 8.38. The molecule has 0 saturated carbocycles. The zero-order chi connectivity index (χ0) is 21.0. The summed E-state index contributed by atoms with van der Waals surface area (Å²) in [4.78, 5) is 13.8. The molecule has 10 heteroatoms. The average molecular weight is 425 g/mol. The Morgan fingerprint density at radius 2 is 1.83 bits per heavy atom. The van der Waals surface area contributed by atoms with Gasteiger partial charge in [-0.25, -0.2) is 17.2 Å². The van der Waals surface area contributed by atoms with Gasteiger partial charge in [0.15, 0.2) is 11.6 Å². The molecule has 1 N–H and O–H groups in total. The Morgan fingerprint density at radius 1 is 1.10 bits per heavy atom. The van der Waals surface area contributed by atoms with Gasteiger partial charge >= 0.3 is 0 Å². The molecule has 29 heavy (non-hydrogen) atoms. The number of methoxy groups -OCH3 is 1. The van der Waals surface area contributed by atoms with E-state index in [1.54, 1.807) is 6.07 Å². The van der Waals surface area contributed by atoms with Gasteiger partial charge in [-0.3, -0.25) is 4.79 Å². The van der Waals surface area contributed by atoms with E-state index in [1.807, 2.05) is 0 Å². The highest BCUT2D eigenvalue weighted by molar-refractivity contribution is 7.89. The van der Waals surface area contributed by atoms with Gasteiger partial charge in [-0.05, 0) is 30.3 Å². The van der Waals surface area contributed by atoms with E-state index in [2.05, 4.69) is 5.32 Å². The van der Waals surface area contributed by atoms with Crippen molar-refractivity contribution in [3.63, 3.8) is 0 Å². The molecule has 1 aliphatic rings. The van der Waals surface area contributed by atoms with Crippen molar-refractivity contribution in [2.45, 2.75) is 4.90 Å². The van der Waals surface area contributed by atoms with Crippen molar-refractivity contribution < 1.29 is 26.7 Å². The summed E-state index contributed by atoms with van der Waals surface area (Å²) in [6.45, 7) is 0.601. The average Bonchev–Trinajstić information content (AvgIpc) is 2.72. The first-order valence-electron chi connectivity index (χ1n) is 8.92. The number of benzene rings is 2. The van der Waals surface area contributed by atoms with Crippen LogP contribution >= 0.6 is 0 Å². The van der Waals surface area contributed by atoms with Crippen LogP contribution in [0.25, 0.3) is 0 Å². The van der Waals surface area contributed by atoms with Crippen LogP contribution in [-0.4, -0.2) is 63.4 Å². The summed E-state index contributed by atoms with van der Waals surface area (Å²) in [5.74, 6) is -1.29. The molecular weight excluding hydrogens is 404 g/mol. The lowest BCUT2D eigenvalue weighted by molar-refractivity contribution is -0.130. The van der Waals surface area contributed by atoms with E-state index in [0.29, 0.717) is 5.69 Å². The van der Waals surface area contributed by atoms with Gasteiger partial charge in [0.05, 0.1) is 18.6 Å². The van der Waals surface area contributed by atoms with Crippen LogP contribution in [0.1, 0.15) is 0 Å². The molecule has 0 bridgehead atoms. The van der Waals surface area contributed by atoms with E-state index in [4.69, 9.17) is 4.74 Å². The van der Waals surface area contributed by atoms with Gasteiger partial charge in [-0.2, -0.15) is 4.31 Å². The van der Waals surface area contributed by atoms with Gasteiger partial charge < -0.3 is 15.0 Å². The van der Waals surface area contributed by atoms with Gasteiger partial charge in [-0.1, -0.05) is 6.07 Å². The fourth-order valence-electron chi connectivity index (χ4n) is 3.02. The third-order valence-electron chi connectivity index (χ3n) is 4.62. The molecule has 1 heterocycles. The lowest BCUT2D eigenvalue weighted by Crippen LogP contribution is -2.51. The minimum Gasteiger partial charge on any atom is -0.494 e. The highest BCUT2D eigenvalue weighted by Gasteiger charge is 2.30. The smallest absolute Gasteiger partial charge is 0.243 e. The number of anilines is 1. The first-order chi connectivity index (χ1) is 13.8. The largest absolute Gasteiger partial charge is 0.494 e. The Morgan fingerprint density at radius 3 is 2.45 bits per heavy atom. The number of nitrogens with zero attached hydrogens (tertiary/aromatic N) is 2. The van der Waals surface area contributed by atoms with Gasteiger partial charge in [0, 0.05) is 37.9 Å². The molecule has 2 aromatic carbocycles. The molecule has 0 aliphatic carbocycles. The van der Waals surface area contributed by atoms with Gasteiger partial charge in [-0.15, -0.1) is 0 Å². The second-order valence-electron chi connectivity index (χ2n) is 6.45. The number of amides is 1. The minimum atomic E-state index is -3.81. The molecule has 156 valence electrons. The third-order valence-corrected chi connectivity index (χ3v) is 6.52. The molecule has 3 rings (SSSR count). The highest BCUT2D eigenvalue weighted by Crippen LogP contribution is 2.21. The van der Waals surface area contributed by atoms with Crippen LogP contribution in [0.5, 0.6) is 5.75 Å². The van der Waals surface area contributed by atoms with Crippen LogP contribution in [0.4, 0.5) is 14.5 Å². The van der Waals surface area contributed by atoms with Crippen molar-refractivity contribution >= 4 is 21.6 Å². The predicted octanol–water partition coefficient (Wildman–Crippen LogP) is 1.92. The topological polar surface area (TPSA) is 79.0 Å². The van der Waals surface area contributed by atoms with E-state index >= 15 is 0 Å². The first kappa shape index (κ1) is 21.0. The number of carbonyl (C=O) groups excluding carboxylic acids is 1. The van der Waals surface area contributed by atoms with Gasteiger partial charge in [0.2, 0.25) is 15.9 Å². The molecular formula is C19H21F2N3O4S. The summed E-state index contributed by atoms with van der Waals surface area (Å²) in [6.07, 6.45) is 0. The third kappa shape index (κ3) is 4.83. The Hall–Kier alpha value is -2.72. The zero-order valence-electron chi connectivity index (χ0n) is 15.8. The number of ether oxygens (including phenoxy) is 1. The van der Waals surface area contributed by atoms with Crippen LogP contribution in [-0.2, 0) is 14.8 Å². The molecule has 2 aromatic rings. The van der Waals surface area contributed by atoms with Crippen LogP contribution in [0.3, 0.4) is 0 Å². The van der Waals surface area contributed by atoms with E-state index in [-0.39, 0.29) is 49.3 Å². The van der Waals surface area contributed by atoms with Crippen molar-refractivity contribution in [1.82, 2.24) is 9.21 Å². The highest BCUT2D eigenvalue weighted by atomic mass is 32.2. The van der Waals surface area contributed by atoms with Gasteiger partial charge in [0.1, 0.15) is 5.82 Å². The minimum absolute atomic E-state index is 0.0532. The summed E-state index contributed by atoms with van der Waals surface area (Å²) < 4.78 is 58.3. The monoisotopic (exact) mass is 425 g/mol. The zero-order valence-corrected chi connectivity index (χ0v) is 16.6. The number of hydrogen-bond donors (Lipinski definition) is 1. The molecule has 1 fully saturated rings. The summed E-state index contributed by atoms with van der Waals surface area (Å²) in [6, 6.07) is 9.12. The number of sulfonamides is 1. The van der Waals surface area contributed by atoms with Crippen LogP contribution in [0.15, 0.2) is 47.4 Å². The van der Waals surface area contributed by atoms with E-state index in [0.717, 1.165) is 6.07 Å². The number of halogens is 2. The normalized spacial score (nSPS) is 15.2. The van der Waals surface area contributed by atoms with Crippen molar-refractivity contribution in [1.29, 1.82) is 0 Å². The molecule has 0 aromatic heterocycles. The summed E-state index contributed by atoms with van der Waals surface area (Å²) in [7, 11) is -2.45. The Labute approximate surface area is 167 Å². The standard InChI is InChI=1S/C19H21F2N3O4S/c1-28-18-6-5-15(12-17(18)21)22-13-19(25)23-7-9-24(10-8-23)29(26,27)16-4-2-3-14(20)11-16/h2-6,11-12,22H,7-10,13H2,1H3. The van der Waals surface area contributed by atoms with Crippen molar-refractivity contribution in [2.24, 2.45) is 0 Å². The quantitative estimate of drug-likeness (QED) is 0.765. The fourth-order valence-corrected chi connectivity index (χ4v) is 4.47. The summed E-state index contributed by atoms with van der Waals surface area (Å²) in [5.41, 5.74) is 0.434. The number of piperazine rings is 1. The van der Waals surface area contributed by atoms with Crippen molar-refractivity contribution in [3.8, 4) is 5.75 Å². The Balaban J connectivity index is 1.55. The van der Waals surface area contributed by atoms with E-state index in [1.165, 1.54) is 46.6 Å². The van der Waals surface area contributed by atoms with E-state index in [9.17, 15) is 22.0 Å². The van der Waals surface area contributed by atoms with Gasteiger partial charge in [0.25, 0.3) is 0 Å². The number of hydrogen-bond acceptors (Lipinski definition) is 5. The lowest BCUT2D eigenvalue weighted by atomic mass is 10.3. The van der Waals surface area contributed by atoms with Crippen molar-refractivity contribution in [2.75, 3.05) is 45.2 Å². The van der Waals surface area contributed by atoms with Crippen LogP contribution in [0, 0.1) is 11.6 Å². The summed E-state index contributed by atoms with van der Waals surface area (Å²) in [5, 5.41) is 2.85. The first-order valence-corrected chi connectivity index (χ1v) is 10.4. The molecule has 0 unspecified atom stereocenters. The number of carbonyl (C=O) groups is 1. The fraction of sp³-hybridized carbons (Fsp3) is 0.316. The predicted molar refractivity (Wildman–Crippen MR) is 103 cm³/mol. The molecule has 7 nitrogen and oxygen atoms in total. The number of nitrogens with one attached hydrogen (secondary N) is 1. The second kappa shape index (κ2) is 8.75. The molecule has 0 atom stereocenters. The SMILES string of the molecule is COc1ccc(NCC(=O)N2CCN(S(=O)(=O)c3cccc(F)c3)CC2)cc1F. The number of rotatable bonds is 6. The molecule has 1 aliphatic heterocycles. The van der Waals surface area contributed by atoms with Crippen molar-refractivity contribution in [3.05, 3.63) is 54.1 Å². The Bertz CT molecular complexity index is 993. The van der Waals surface area contributed by atoms with E-state index < -0.39 is 21.7 Å². The maximum absolute atomic E-state index is 13.7. The molecule has 1 amide bonds. The molecule has 0 radical (unpaired) electrons. The molecule has 1 saturated heterocycles. The summed E-state index contributed by atoms with van der Waals surface area (Å²) >= 11 is 0. The maximum Gasteiger partial charge on any atom is 0.243 e. The Kier molecular flexibility index (Phi) is 6.33. The lowest BCUT2D eigenvalue weighted by Gasteiger charge is -2.34. The van der Waals surface area contributed by atoms with Crippen LogP contribution < -0.4 is 10.1 Å². The maximum atomic E-state index is 13.7.